The molecule has 0 aliphatic heterocycles. The number of rotatable bonds is 4. The second-order valence-electron chi connectivity index (χ2n) is 5.09. The standard InChI is InChI=1S/C15H14ClFN2O2/c1-21-11-5-4-10(12(17)6-11)8-19-14(20)7-13(16)18-15(19)9-2-3-9/h4-7,9H,2-3,8H2,1H3. The molecule has 0 amide bonds. The SMILES string of the molecule is COc1ccc(Cn2c(C3CC3)nc(Cl)cc2=O)c(F)c1. The van der Waals surface area contributed by atoms with Gasteiger partial charge in [-0.3, -0.25) is 9.36 Å². The van der Waals surface area contributed by atoms with E-state index in [9.17, 15) is 9.18 Å². The Kier molecular flexibility index (Phi) is 3.68. The first-order valence-corrected chi connectivity index (χ1v) is 7.06. The van der Waals surface area contributed by atoms with Crippen LogP contribution in [0.1, 0.15) is 30.1 Å². The van der Waals surface area contributed by atoms with Gasteiger partial charge in [0, 0.05) is 23.6 Å². The van der Waals surface area contributed by atoms with E-state index in [0.717, 1.165) is 12.8 Å². The van der Waals surface area contributed by atoms with Crippen molar-refractivity contribution < 1.29 is 9.13 Å². The van der Waals surface area contributed by atoms with Crippen LogP contribution in [-0.4, -0.2) is 16.7 Å². The van der Waals surface area contributed by atoms with Crippen LogP contribution in [-0.2, 0) is 6.54 Å². The van der Waals surface area contributed by atoms with Gasteiger partial charge >= 0.3 is 0 Å². The zero-order valence-corrected chi connectivity index (χ0v) is 12.2. The zero-order chi connectivity index (χ0) is 15.0. The van der Waals surface area contributed by atoms with Gasteiger partial charge in [-0.05, 0) is 18.9 Å². The summed E-state index contributed by atoms with van der Waals surface area (Å²) in [4.78, 5) is 16.4. The van der Waals surface area contributed by atoms with Crippen molar-refractivity contribution >= 4 is 11.6 Å². The van der Waals surface area contributed by atoms with Gasteiger partial charge in [-0.25, -0.2) is 9.37 Å². The molecule has 1 fully saturated rings. The molecule has 0 N–H and O–H groups in total. The van der Waals surface area contributed by atoms with E-state index in [1.807, 2.05) is 0 Å². The Morgan fingerprint density at radius 3 is 2.81 bits per heavy atom. The molecule has 1 heterocycles. The Bertz CT molecular complexity index is 741. The van der Waals surface area contributed by atoms with Crippen LogP contribution in [0.4, 0.5) is 4.39 Å². The van der Waals surface area contributed by atoms with E-state index in [-0.39, 0.29) is 23.2 Å². The summed E-state index contributed by atoms with van der Waals surface area (Å²) in [5.74, 6) is 0.929. The highest BCUT2D eigenvalue weighted by molar-refractivity contribution is 6.29. The average Bonchev–Trinajstić information content (AvgIpc) is 3.27. The number of nitrogens with zero attached hydrogens (tertiary/aromatic N) is 2. The van der Waals surface area contributed by atoms with E-state index < -0.39 is 5.82 Å². The van der Waals surface area contributed by atoms with Crippen LogP contribution in [0.15, 0.2) is 29.1 Å². The van der Waals surface area contributed by atoms with Gasteiger partial charge in [0.15, 0.2) is 0 Å². The Hall–Kier alpha value is -1.88. The molecule has 1 aliphatic carbocycles. The highest BCUT2D eigenvalue weighted by atomic mass is 35.5. The summed E-state index contributed by atoms with van der Waals surface area (Å²) >= 11 is 5.85. The molecular weight excluding hydrogens is 295 g/mol. The molecule has 0 unspecified atom stereocenters. The number of aromatic nitrogens is 2. The minimum atomic E-state index is -0.405. The van der Waals surface area contributed by atoms with Gasteiger partial charge in [0.1, 0.15) is 22.5 Å². The van der Waals surface area contributed by atoms with E-state index in [1.165, 1.54) is 23.8 Å². The fourth-order valence-corrected chi connectivity index (χ4v) is 2.44. The first-order valence-electron chi connectivity index (χ1n) is 6.68. The van der Waals surface area contributed by atoms with Crippen LogP contribution in [0, 0.1) is 5.82 Å². The van der Waals surface area contributed by atoms with Crippen molar-refractivity contribution in [3.63, 3.8) is 0 Å². The average molecular weight is 309 g/mol. The van der Waals surface area contributed by atoms with Crippen LogP contribution >= 0.6 is 11.6 Å². The van der Waals surface area contributed by atoms with Crippen LogP contribution < -0.4 is 10.3 Å². The van der Waals surface area contributed by atoms with Crippen LogP contribution in [0.25, 0.3) is 0 Å². The van der Waals surface area contributed by atoms with Crippen molar-refractivity contribution in [2.75, 3.05) is 7.11 Å². The molecule has 0 atom stereocenters. The summed E-state index contributed by atoms with van der Waals surface area (Å²) in [6.07, 6.45) is 1.97. The quantitative estimate of drug-likeness (QED) is 0.816. The second kappa shape index (κ2) is 5.48. The van der Waals surface area contributed by atoms with Crippen molar-refractivity contribution in [3.05, 3.63) is 57.0 Å². The summed E-state index contributed by atoms with van der Waals surface area (Å²) in [6, 6.07) is 5.85. The molecule has 1 aromatic heterocycles. The normalized spacial score (nSPS) is 14.2. The molecule has 1 aromatic carbocycles. The molecule has 1 aliphatic rings. The van der Waals surface area contributed by atoms with E-state index in [1.54, 1.807) is 12.1 Å². The minimum Gasteiger partial charge on any atom is -0.497 e. The lowest BCUT2D eigenvalue weighted by Crippen LogP contribution is -2.25. The fraction of sp³-hybridized carbons (Fsp3) is 0.333. The third-order valence-electron chi connectivity index (χ3n) is 3.54. The molecule has 21 heavy (non-hydrogen) atoms. The molecule has 0 bridgehead atoms. The molecular formula is C15H14ClFN2O2. The van der Waals surface area contributed by atoms with Gasteiger partial charge in [0.05, 0.1) is 13.7 Å². The Morgan fingerprint density at radius 1 is 1.43 bits per heavy atom. The Labute approximate surface area is 126 Å². The van der Waals surface area contributed by atoms with Gasteiger partial charge < -0.3 is 4.74 Å². The van der Waals surface area contributed by atoms with Crippen LogP contribution in [0.2, 0.25) is 5.15 Å². The third kappa shape index (κ3) is 2.93. The van der Waals surface area contributed by atoms with E-state index in [0.29, 0.717) is 17.1 Å². The molecule has 4 nitrogen and oxygen atoms in total. The Balaban J connectivity index is 2.00. The minimum absolute atomic E-state index is 0.144. The lowest BCUT2D eigenvalue weighted by molar-refractivity contribution is 0.410. The smallest absolute Gasteiger partial charge is 0.255 e. The third-order valence-corrected chi connectivity index (χ3v) is 3.73. The molecule has 1 saturated carbocycles. The zero-order valence-electron chi connectivity index (χ0n) is 11.5. The van der Waals surface area contributed by atoms with Gasteiger partial charge in [-0.2, -0.15) is 0 Å². The van der Waals surface area contributed by atoms with Gasteiger partial charge in [0.2, 0.25) is 0 Å². The maximum absolute atomic E-state index is 14.0. The molecule has 0 radical (unpaired) electrons. The van der Waals surface area contributed by atoms with E-state index >= 15 is 0 Å². The van der Waals surface area contributed by atoms with Crippen LogP contribution in [0.3, 0.4) is 0 Å². The maximum atomic E-state index is 14.0. The van der Waals surface area contributed by atoms with Crippen LogP contribution in [0.5, 0.6) is 5.75 Å². The first-order chi connectivity index (χ1) is 10.1. The largest absolute Gasteiger partial charge is 0.497 e. The summed E-state index contributed by atoms with van der Waals surface area (Å²) in [7, 11) is 1.48. The Morgan fingerprint density at radius 2 is 2.19 bits per heavy atom. The summed E-state index contributed by atoms with van der Waals surface area (Å²) < 4.78 is 20.5. The molecule has 2 aromatic rings. The fourth-order valence-electron chi connectivity index (χ4n) is 2.26. The topological polar surface area (TPSA) is 44.1 Å². The predicted octanol–water partition coefficient (Wildman–Crippen LogP) is 2.97. The van der Waals surface area contributed by atoms with E-state index in [4.69, 9.17) is 16.3 Å². The van der Waals surface area contributed by atoms with Gasteiger partial charge in [0.25, 0.3) is 5.56 Å². The molecule has 3 rings (SSSR count). The number of hydrogen-bond acceptors (Lipinski definition) is 3. The molecule has 0 spiro atoms. The number of ether oxygens (including phenoxy) is 1. The number of halogens is 2. The number of hydrogen-bond donors (Lipinski definition) is 0. The number of benzene rings is 1. The monoisotopic (exact) mass is 308 g/mol. The molecule has 0 saturated heterocycles. The highest BCUT2D eigenvalue weighted by Crippen LogP contribution is 2.39. The van der Waals surface area contributed by atoms with Crippen molar-refractivity contribution in [2.45, 2.75) is 25.3 Å². The van der Waals surface area contributed by atoms with Crippen molar-refractivity contribution in [1.29, 1.82) is 0 Å². The predicted molar refractivity (Wildman–Crippen MR) is 77.5 cm³/mol. The lowest BCUT2D eigenvalue weighted by atomic mass is 10.2. The maximum Gasteiger partial charge on any atom is 0.255 e. The van der Waals surface area contributed by atoms with Crippen molar-refractivity contribution in [3.8, 4) is 5.75 Å². The van der Waals surface area contributed by atoms with Crippen molar-refractivity contribution in [1.82, 2.24) is 9.55 Å². The number of methoxy groups -OCH3 is 1. The van der Waals surface area contributed by atoms with Gasteiger partial charge in [-0.15, -0.1) is 0 Å². The first kappa shape index (κ1) is 14.1. The highest BCUT2D eigenvalue weighted by Gasteiger charge is 2.29. The molecule has 110 valence electrons. The van der Waals surface area contributed by atoms with Crippen molar-refractivity contribution in [2.24, 2.45) is 0 Å². The summed E-state index contributed by atoms with van der Waals surface area (Å²) in [5.41, 5.74) is 0.163. The lowest BCUT2D eigenvalue weighted by Gasteiger charge is -2.12. The van der Waals surface area contributed by atoms with E-state index in [2.05, 4.69) is 4.98 Å². The second-order valence-corrected chi connectivity index (χ2v) is 5.48. The summed E-state index contributed by atoms with van der Waals surface area (Å²) in [5, 5.41) is 0.188. The summed E-state index contributed by atoms with van der Waals surface area (Å²) in [6.45, 7) is 0.144. The molecule has 6 heteroatoms. The van der Waals surface area contributed by atoms with Gasteiger partial charge in [-0.1, -0.05) is 17.7 Å².